The van der Waals surface area contributed by atoms with Crippen LogP contribution in [-0.2, 0) is 33.8 Å². The summed E-state index contributed by atoms with van der Waals surface area (Å²) in [7, 11) is 5.74. The fourth-order valence-corrected chi connectivity index (χ4v) is 1.39. The summed E-state index contributed by atoms with van der Waals surface area (Å²) in [6, 6.07) is 0. The van der Waals surface area contributed by atoms with Crippen molar-refractivity contribution < 1.29 is 68.2 Å². The number of carbonyl (C=O) groups excluding carboxylic acids is 2. The molecule has 19 heavy (non-hydrogen) atoms. The van der Waals surface area contributed by atoms with Crippen molar-refractivity contribution in [3.05, 3.63) is 0 Å². The van der Waals surface area contributed by atoms with Gasteiger partial charge in [-0.3, -0.25) is 4.79 Å². The van der Waals surface area contributed by atoms with Crippen LogP contribution < -0.4 is 29.9 Å². The molecule has 0 fully saturated rings. The predicted octanol–water partition coefficient (Wildman–Crippen LogP) is -6.45. The second-order valence-electron chi connectivity index (χ2n) is 4.91. The smallest absolute Gasteiger partial charge is 1.00 e. The first kappa shape index (κ1) is 27.4. The van der Waals surface area contributed by atoms with Gasteiger partial charge in [-0.15, -0.1) is 0 Å². The third kappa shape index (κ3) is 18.1. The number of carbonyl (C=O) groups is 2. The van der Waals surface area contributed by atoms with E-state index in [2.05, 4.69) is 0 Å². The summed E-state index contributed by atoms with van der Waals surface area (Å²) in [6.45, 7) is 2.33. The van der Waals surface area contributed by atoms with Crippen molar-refractivity contribution in [2.24, 2.45) is 0 Å². The zero-order valence-corrected chi connectivity index (χ0v) is 16.4. The SMILES string of the molecule is CCCC(=O)OC(CC(=O)[O-])C[N+](C)(C)C.[Cl-].[Cl-].[Zn+2]. The van der Waals surface area contributed by atoms with Gasteiger partial charge in [0.05, 0.1) is 21.1 Å². The third-order valence-corrected chi connectivity index (χ3v) is 1.90. The van der Waals surface area contributed by atoms with Gasteiger partial charge in [-0.1, -0.05) is 6.92 Å². The second kappa shape index (κ2) is 13.1. The number of hydrogen-bond donors (Lipinski definition) is 0. The molecule has 8 heteroatoms. The van der Waals surface area contributed by atoms with Gasteiger partial charge in [-0.05, 0) is 6.42 Å². The summed E-state index contributed by atoms with van der Waals surface area (Å²) in [5, 5.41) is 10.5. The molecule has 0 radical (unpaired) electrons. The first-order valence-corrected chi connectivity index (χ1v) is 5.44. The molecular formula is C11H21Cl2NO4Zn. The number of ether oxygens (including phenoxy) is 1. The molecule has 1 unspecified atom stereocenters. The summed E-state index contributed by atoms with van der Waals surface area (Å²) < 4.78 is 5.64. The minimum atomic E-state index is -1.19. The number of likely N-dealkylation sites (N-methyl/N-ethyl adjacent to an activating group) is 1. The molecule has 0 N–H and O–H groups in total. The molecule has 0 aliphatic rings. The molecule has 5 nitrogen and oxygen atoms in total. The van der Waals surface area contributed by atoms with Gasteiger partial charge in [0, 0.05) is 18.8 Å². The molecule has 0 aliphatic carbocycles. The standard InChI is InChI=1S/C11H21NO4.2ClH.Zn/c1-5-6-11(15)16-9(7-10(13)14)8-12(2,3)4;;;/h9H,5-8H2,1-4H3;2*1H;/q;;;+2/p-2. The third-order valence-electron chi connectivity index (χ3n) is 1.90. The molecular weight excluding hydrogens is 346 g/mol. The average Bonchev–Trinajstić information content (AvgIpc) is 1.98. The summed E-state index contributed by atoms with van der Waals surface area (Å²) in [6.07, 6.45) is 0.163. The summed E-state index contributed by atoms with van der Waals surface area (Å²) in [5.74, 6) is -1.54. The van der Waals surface area contributed by atoms with E-state index in [0.717, 1.165) is 0 Å². The number of rotatable bonds is 7. The van der Waals surface area contributed by atoms with Gasteiger partial charge in [0.1, 0.15) is 6.54 Å². The minimum Gasteiger partial charge on any atom is -1.00 e. The number of carboxylic acids is 1. The Balaban J connectivity index is -0.000000375. The first-order valence-electron chi connectivity index (χ1n) is 5.44. The average molecular weight is 368 g/mol. The maximum absolute atomic E-state index is 11.3. The summed E-state index contributed by atoms with van der Waals surface area (Å²) in [5.41, 5.74) is 0. The Morgan fingerprint density at radius 1 is 1.21 bits per heavy atom. The topological polar surface area (TPSA) is 66.4 Å². The Bertz CT molecular complexity index is 260. The Morgan fingerprint density at radius 2 is 1.68 bits per heavy atom. The van der Waals surface area contributed by atoms with Crippen molar-refractivity contribution in [1.29, 1.82) is 0 Å². The largest absolute Gasteiger partial charge is 2.00 e. The van der Waals surface area contributed by atoms with Gasteiger partial charge in [-0.2, -0.15) is 0 Å². The molecule has 0 aromatic carbocycles. The molecule has 0 saturated carbocycles. The molecule has 0 bridgehead atoms. The van der Waals surface area contributed by atoms with Crippen molar-refractivity contribution in [2.75, 3.05) is 27.7 Å². The summed E-state index contributed by atoms with van der Waals surface area (Å²) in [4.78, 5) is 21.8. The zero-order chi connectivity index (χ0) is 12.8. The van der Waals surface area contributed by atoms with Crippen LogP contribution in [0.15, 0.2) is 0 Å². The Kier molecular flexibility index (Phi) is 18.9. The van der Waals surface area contributed by atoms with Crippen LogP contribution in [0.25, 0.3) is 0 Å². The van der Waals surface area contributed by atoms with Gasteiger partial charge < -0.3 is 43.9 Å². The molecule has 110 valence electrons. The van der Waals surface area contributed by atoms with Gasteiger partial charge in [0.15, 0.2) is 6.10 Å². The van der Waals surface area contributed by atoms with Gasteiger partial charge >= 0.3 is 25.4 Å². The Morgan fingerprint density at radius 3 is 2.00 bits per heavy atom. The fourth-order valence-electron chi connectivity index (χ4n) is 1.39. The van der Waals surface area contributed by atoms with E-state index < -0.39 is 12.1 Å². The van der Waals surface area contributed by atoms with Crippen molar-refractivity contribution in [3.8, 4) is 0 Å². The minimum absolute atomic E-state index is 0. The van der Waals surface area contributed by atoms with Crippen LogP contribution in [0.2, 0.25) is 0 Å². The van der Waals surface area contributed by atoms with E-state index >= 15 is 0 Å². The molecule has 0 rings (SSSR count). The number of nitrogens with zero attached hydrogens (tertiary/aromatic N) is 1. The number of aliphatic carboxylic acids is 1. The van der Waals surface area contributed by atoms with Crippen molar-refractivity contribution in [2.45, 2.75) is 32.3 Å². The van der Waals surface area contributed by atoms with Crippen LogP contribution in [0, 0.1) is 0 Å². The molecule has 0 aromatic heterocycles. The monoisotopic (exact) mass is 365 g/mol. The van der Waals surface area contributed by atoms with Crippen LogP contribution in [-0.4, -0.2) is 50.2 Å². The van der Waals surface area contributed by atoms with E-state index in [1.807, 2.05) is 28.1 Å². The first-order chi connectivity index (χ1) is 7.24. The summed E-state index contributed by atoms with van der Waals surface area (Å²) >= 11 is 0. The van der Waals surface area contributed by atoms with Crippen molar-refractivity contribution >= 4 is 11.9 Å². The van der Waals surface area contributed by atoms with Crippen molar-refractivity contribution in [3.63, 3.8) is 0 Å². The zero-order valence-electron chi connectivity index (χ0n) is 11.9. The molecule has 0 spiro atoms. The maximum atomic E-state index is 11.3. The van der Waals surface area contributed by atoms with Gasteiger partial charge in [-0.25, -0.2) is 0 Å². The van der Waals surface area contributed by atoms with Crippen LogP contribution in [0.3, 0.4) is 0 Å². The quantitative estimate of drug-likeness (QED) is 0.255. The van der Waals surface area contributed by atoms with E-state index in [1.54, 1.807) is 0 Å². The number of esters is 1. The number of carboxylic acid groups (broad SMARTS) is 1. The van der Waals surface area contributed by atoms with E-state index in [1.165, 1.54) is 0 Å². The fraction of sp³-hybridized carbons (Fsp3) is 0.818. The van der Waals surface area contributed by atoms with Crippen LogP contribution in [0.1, 0.15) is 26.2 Å². The van der Waals surface area contributed by atoms with E-state index in [0.29, 0.717) is 23.9 Å². The Labute approximate surface area is 140 Å². The molecule has 1 atom stereocenters. The number of halogens is 2. The van der Waals surface area contributed by atoms with Crippen LogP contribution >= 0.6 is 0 Å². The van der Waals surface area contributed by atoms with Crippen LogP contribution in [0.5, 0.6) is 0 Å². The normalized spacial score (nSPS) is 11.2. The number of quaternary nitrogens is 1. The second-order valence-corrected chi connectivity index (χ2v) is 4.91. The maximum Gasteiger partial charge on any atom is 2.00 e. The molecule has 0 heterocycles. The van der Waals surface area contributed by atoms with E-state index in [-0.39, 0.29) is 56.7 Å². The molecule has 0 aliphatic heterocycles. The molecule has 0 saturated heterocycles. The van der Waals surface area contributed by atoms with Crippen LogP contribution in [0.4, 0.5) is 0 Å². The number of hydrogen-bond acceptors (Lipinski definition) is 4. The van der Waals surface area contributed by atoms with E-state index in [9.17, 15) is 14.7 Å². The molecule has 0 amide bonds. The molecule has 0 aromatic rings. The van der Waals surface area contributed by atoms with Crippen molar-refractivity contribution in [1.82, 2.24) is 0 Å². The van der Waals surface area contributed by atoms with Gasteiger partial charge in [0.2, 0.25) is 0 Å². The van der Waals surface area contributed by atoms with E-state index in [4.69, 9.17) is 4.74 Å². The Hall–Kier alpha value is 0.103. The predicted molar refractivity (Wildman–Crippen MR) is 57.3 cm³/mol. The van der Waals surface area contributed by atoms with Gasteiger partial charge in [0.25, 0.3) is 0 Å².